The van der Waals surface area contributed by atoms with E-state index in [9.17, 15) is 0 Å². The first-order valence-electron chi connectivity index (χ1n) is 10.9. The molecule has 0 nitrogen and oxygen atoms in total. The molecule has 0 aromatic heterocycles. The average molecular weight is 290 g/mol. The Morgan fingerprint density at radius 2 is 0.773 bits per heavy atom. The predicted octanol–water partition coefficient (Wildman–Crippen LogP) is 4.35. The molecule has 0 heterocycles. The van der Waals surface area contributed by atoms with E-state index in [1.165, 1.54) is 84.9 Å². The van der Waals surface area contributed by atoms with Crippen LogP contribution in [0.5, 0.6) is 0 Å². The molecule has 8 unspecified atom stereocenters. The molecule has 0 heteroatoms. The number of rotatable bonds is 0. The normalized spacial score (nSPS) is 92.7. The second kappa shape index (κ2) is 2.19. The van der Waals surface area contributed by atoms with E-state index in [1.807, 2.05) is 0 Å². The third-order valence-electron chi connectivity index (χ3n) is 13.7. The van der Waals surface area contributed by atoms with Gasteiger partial charge in [-0.25, -0.2) is 0 Å². The van der Waals surface area contributed by atoms with E-state index in [0.717, 1.165) is 21.7 Å². The second-order valence-electron chi connectivity index (χ2n) is 11.9. The van der Waals surface area contributed by atoms with Gasteiger partial charge in [-0.15, -0.1) is 0 Å². The predicted molar refractivity (Wildman–Crippen MR) is 81.6 cm³/mol. The molecule has 11 fully saturated rings. The summed E-state index contributed by atoms with van der Waals surface area (Å²) in [6.07, 6.45) is 12.8. The van der Waals surface area contributed by atoms with Crippen molar-refractivity contribution in [1.82, 2.24) is 0 Å². The van der Waals surface area contributed by atoms with Gasteiger partial charge in [-0.2, -0.15) is 0 Å². The standard InChI is InChI=1S/C18H18.C4H8/c1-5-2-8-13-14-10-4-6-3-9-12-11-7(1)15(5,8)17(11,13)18(12,14)16(6,9)10;1-2-4-3-1/h5-14H,1-4H2;1-4H2. The van der Waals surface area contributed by atoms with E-state index in [1.54, 1.807) is 25.7 Å². The maximum atomic E-state index is 1.71. The van der Waals surface area contributed by atoms with Crippen molar-refractivity contribution < 1.29 is 0 Å². The van der Waals surface area contributed by atoms with Crippen molar-refractivity contribution in [3.63, 3.8) is 0 Å². The lowest BCUT2D eigenvalue weighted by Crippen LogP contribution is -3.21. The molecule has 114 valence electrons. The molecule has 11 aliphatic rings. The van der Waals surface area contributed by atoms with E-state index < -0.39 is 0 Å². The van der Waals surface area contributed by atoms with Gasteiger partial charge in [0.15, 0.2) is 0 Å². The number of hydrogen-bond acceptors (Lipinski definition) is 0. The Hall–Kier alpha value is 0. The van der Waals surface area contributed by atoms with Gasteiger partial charge in [0, 0.05) is 0 Å². The van der Waals surface area contributed by atoms with E-state index in [-0.39, 0.29) is 0 Å². The van der Waals surface area contributed by atoms with E-state index in [0.29, 0.717) is 0 Å². The van der Waals surface area contributed by atoms with Gasteiger partial charge in [0.1, 0.15) is 0 Å². The fourth-order valence-corrected chi connectivity index (χ4v) is 14.3. The highest BCUT2D eigenvalue weighted by molar-refractivity contribution is 5.66. The van der Waals surface area contributed by atoms with Crippen LogP contribution < -0.4 is 0 Å². The zero-order chi connectivity index (χ0) is 13.4. The van der Waals surface area contributed by atoms with Crippen molar-refractivity contribution in [3.05, 3.63) is 0 Å². The van der Waals surface area contributed by atoms with Gasteiger partial charge in [-0.05, 0) is 107 Å². The van der Waals surface area contributed by atoms with Crippen LogP contribution in [0.3, 0.4) is 0 Å². The van der Waals surface area contributed by atoms with Gasteiger partial charge in [-0.1, -0.05) is 25.7 Å². The topological polar surface area (TPSA) is 0 Å². The summed E-state index contributed by atoms with van der Waals surface area (Å²) in [5.41, 5.74) is 4.35. The summed E-state index contributed by atoms with van der Waals surface area (Å²) in [6, 6.07) is 0. The van der Waals surface area contributed by atoms with Crippen LogP contribution in [-0.4, -0.2) is 0 Å². The molecule has 11 rings (SSSR count). The summed E-state index contributed by atoms with van der Waals surface area (Å²) in [6.45, 7) is 0. The molecule has 0 bridgehead atoms. The molecule has 0 aromatic rings. The summed E-state index contributed by atoms with van der Waals surface area (Å²) in [7, 11) is 0. The highest BCUT2D eigenvalue weighted by Gasteiger charge is 3.21. The van der Waals surface area contributed by atoms with Gasteiger partial charge in [0.2, 0.25) is 0 Å². The lowest BCUT2D eigenvalue weighted by atomic mass is 8.80. The zero-order valence-corrected chi connectivity index (χ0v) is 13.4. The first-order chi connectivity index (χ1) is 10.9. The average Bonchev–Trinajstić information content (AvgIpc) is 2.32. The van der Waals surface area contributed by atoms with Crippen LogP contribution in [0, 0.1) is 80.8 Å². The van der Waals surface area contributed by atoms with Crippen LogP contribution in [0.15, 0.2) is 0 Å². The Kier molecular flexibility index (Phi) is 1.00. The molecule has 4 spiro atoms. The second-order valence-corrected chi connectivity index (χ2v) is 11.9. The van der Waals surface area contributed by atoms with Crippen molar-refractivity contribution >= 4 is 0 Å². The monoisotopic (exact) mass is 290 g/mol. The third-order valence-corrected chi connectivity index (χ3v) is 13.7. The molecule has 0 N–H and O–H groups in total. The molecular weight excluding hydrogens is 264 g/mol. The van der Waals surface area contributed by atoms with Crippen LogP contribution in [0.2, 0.25) is 0 Å². The first-order valence-corrected chi connectivity index (χ1v) is 10.9. The molecule has 0 aromatic carbocycles. The van der Waals surface area contributed by atoms with E-state index in [2.05, 4.69) is 0 Å². The largest absolute Gasteiger partial charge is 0.0533 e. The molecule has 8 atom stereocenters. The Balaban J connectivity index is 0.000000196. The van der Waals surface area contributed by atoms with Gasteiger partial charge in [-0.3, -0.25) is 0 Å². The van der Waals surface area contributed by atoms with Gasteiger partial charge in [0.25, 0.3) is 0 Å². The van der Waals surface area contributed by atoms with Crippen LogP contribution in [0.1, 0.15) is 51.4 Å². The maximum absolute atomic E-state index is 1.71. The Morgan fingerprint density at radius 3 is 1.00 bits per heavy atom. The van der Waals surface area contributed by atoms with Crippen molar-refractivity contribution in [2.75, 3.05) is 0 Å². The van der Waals surface area contributed by atoms with E-state index in [4.69, 9.17) is 0 Å². The van der Waals surface area contributed by atoms with Crippen LogP contribution >= 0.6 is 0 Å². The quantitative estimate of drug-likeness (QED) is 0.622. The molecule has 11 aliphatic carbocycles. The zero-order valence-electron chi connectivity index (χ0n) is 13.4. The number of fused-ring (bicyclic) bond motifs is 6. The summed E-state index contributed by atoms with van der Waals surface area (Å²) >= 11 is 0. The Labute approximate surface area is 132 Å². The van der Waals surface area contributed by atoms with Crippen molar-refractivity contribution in [1.29, 1.82) is 0 Å². The summed E-state index contributed by atoms with van der Waals surface area (Å²) in [4.78, 5) is 0. The van der Waals surface area contributed by atoms with Crippen molar-refractivity contribution in [3.8, 4) is 0 Å². The van der Waals surface area contributed by atoms with Crippen LogP contribution in [-0.2, 0) is 0 Å². The molecular formula is C22H26. The van der Waals surface area contributed by atoms with Gasteiger partial charge in [0.05, 0.1) is 0 Å². The maximum Gasteiger partial charge on any atom is -0.00968 e. The highest BCUT2D eigenvalue weighted by atomic mass is 15.2. The van der Waals surface area contributed by atoms with E-state index >= 15 is 0 Å². The van der Waals surface area contributed by atoms with Crippen molar-refractivity contribution in [2.45, 2.75) is 51.4 Å². The minimum Gasteiger partial charge on any atom is -0.0533 e. The molecule has 0 amide bonds. The minimum atomic E-state index is 1.08. The molecule has 11 saturated carbocycles. The van der Waals surface area contributed by atoms with Crippen molar-refractivity contribution in [2.24, 2.45) is 80.8 Å². The fourth-order valence-electron chi connectivity index (χ4n) is 14.3. The van der Waals surface area contributed by atoms with Crippen LogP contribution in [0.4, 0.5) is 0 Å². The first kappa shape index (κ1) is 10.1. The number of hydrogen-bond donors (Lipinski definition) is 0. The fraction of sp³-hybridized carbons (Fsp3) is 1.00. The highest BCUT2D eigenvalue weighted by Crippen LogP contribution is 3.24. The summed E-state index contributed by atoms with van der Waals surface area (Å²) < 4.78 is 0. The van der Waals surface area contributed by atoms with Crippen LogP contribution in [0.25, 0.3) is 0 Å². The molecule has 0 aliphatic heterocycles. The minimum absolute atomic E-state index is 1.08. The Morgan fingerprint density at radius 1 is 0.455 bits per heavy atom. The molecule has 0 saturated heterocycles. The smallest absolute Gasteiger partial charge is 0.00968 e. The molecule has 0 radical (unpaired) electrons. The Bertz CT molecular complexity index is 624. The lowest BCUT2D eigenvalue weighted by Gasteiger charge is -3.24. The summed E-state index contributed by atoms with van der Waals surface area (Å²) in [5.74, 6) is 13.2. The SMILES string of the molecule is C1C2CC3C4C5C6CC7CC8C9C%10C1C23C%104C95C786.C1CCC1. The molecule has 22 heavy (non-hydrogen) atoms. The third kappa shape index (κ3) is 0.421. The lowest BCUT2D eigenvalue weighted by molar-refractivity contribution is -0.777. The van der Waals surface area contributed by atoms with Gasteiger partial charge < -0.3 is 0 Å². The summed E-state index contributed by atoms with van der Waals surface area (Å²) in [5, 5.41) is 0. The van der Waals surface area contributed by atoms with Gasteiger partial charge >= 0.3 is 0 Å².